The molecule has 0 spiro atoms. The largest absolute Gasteiger partial charge is 0.380 e. The molecule has 0 heterocycles. The lowest BCUT2D eigenvalue weighted by Crippen LogP contribution is -1.95. The Morgan fingerprint density at radius 3 is 2.84 bits per heavy atom. The normalized spacial score (nSPS) is 9.95. The lowest BCUT2D eigenvalue weighted by Gasteiger charge is -2.10. The van der Waals surface area contributed by atoms with Crippen molar-refractivity contribution in [3.63, 3.8) is 0 Å². The fraction of sp³-hybridized carbons (Fsp3) is 0.133. The van der Waals surface area contributed by atoms with Gasteiger partial charge in [-0.05, 0) is 35.9 Å². The number of hydrogen-bond acceptors (Lipinski definition) is 3. The lowest BCUT2D eigenvalue weighted by atomic mass is 10.1. The minimum Gasteiger partial charge on any atom is -0.380 e. The van der Waals surface area contributed by atoms with Crippen molar-refractivity contribution >= 4 is 23.0 Å². The molecule has 1 N–H and O–H groups in total. The first kappa shape index (κ1) is 13.4. The van der Waals surface area contributed by atoms with Gasteiger partial charge in [0.1, 0.15) is 6.07 Å². The number of nitrogens with zero attached hydrogens (tertiary/aromatic N) is 1. The van der Waals surface area contributed by atoms with E-state index in [1.807, 2.05) is 24.3 Å². The highest BCUT2D eigenvalue weighted by Crippen LogP contribution is 2.24. The molecular weight excluding hydrogens is 260 g/mol. The van der Waals surface area contributed by atoms with Gasteiger partial charge in [0.2, 0.25) is 0 Å². The highest BCUT2D eigenvalue weighted by molar-refractivity contribution is 6.30. The van der Waals surface area contributed by atoms with Crippen LogP contribution in [-0.2, 0) is 11.3 Å². The lowest BCUT2D eigenvalue weighted by molar-refractivity contribution is 0.185. The summed E-state index contributed by atoms with van der Waals surface area (Å²) in [5.74, 6) is 0. The van der Waals surface area contributed by atoms with Crippen molar-refractivity contribution in [2.24, 2.45) is 0 Å². The van der Waals surface area contributed by atoms with E-state index < -0.39 is 0 Å². The first-order chi connectivity index (χ1) is 9.22. The maximum Gasteiger partial charge on any atom is 0.101 e. The molecule has 3 nitrogen and oxygen atoms in total. The van der Waals surface area contributed by atoms with Crippen molar-refractivity contribution in [3.05, 3.63) is 58.6 Å². The highest BCUT2D eigenvalue weighted by Gasteiger charge is 2.04. The second-order valence-electron chi connectivity index (χ2n) is 4.06. The van der Waals surface area contributed by atoms with Crippen LogP contribution < -0.4 is 5.32 Å². The van der Waals surface area contributed by atoms with E-state index in [-0.39, 0.29) is 0 Å². The van der Waals surface area contributed by atoms with Crippen LogP contribution in [-0.4, -0.2) is 7.11 Å². The molecule has 0 radical (unpaired) electrons. The molecule has 0 aliphatic rings. The van der Waals surface area contributed by atoms with Crippen LogP contribution in [0.25, 0.3) is 0 Å². The van der Waals surface area contributed by atoms with Crippen LogP contribution >= 0.6 is 11.6 Å². The number of rotatable bonds is 4. The topological polar surface area (TPSA) is 45.0 Å². The molecule has 0 fully saturated rings. The number of nitriles is 1. The molecular formula is C15H13ClN2O. The van der Waals surface area contributed by atoms with Crippen molar-refractivity contribution in [2.45, 2.75) is 6.61 Å². The molecule has 0 saturated heterocycles. The van der Waals surface area contributed by atoms with Crippen molar-refractivity contribution in [2.75, 3.05) is 12.4 Å². The SMILES string of the molecule is COCc1cccc(Nc2cc(Cl)ccc2C#N)c1. The van der Waals surface area contributed by atoms with Crippen LogP contribution in [0.4, 0.5) is 11.4 Å². The monoisotopic (exact) mass is 272 g/mol. The zero-order valence-corrected chi connectivity index (χ0v) is 11.2. The fourth-order valence-corrected chi connectivity index (χ4v) is 1.95. The smallest absolute Gasteiger partial charge is 0.101 e. The molecule has 0 aliphatic heterocycles. The predicted octanol–water partition coefficient (Wildman–Crippen LogP) is 4.10. The standard InChI is InChI=1S/C15H13ClN2O/c1-19-10-11-3-2-4-14(7-11)18-15-8-13(16)6-5-12(15)9-17/h2-8,18H,10H2,1H3. The van der Waals surface area contributed by atoms with Crippen molar-refractivity contribution in [1.29, 1.82) is 5.26 Å². The van der Waals surface area contributed by atoms with Crippen LogP contribution in [0.15, 0.2) is 42.5 Å². The van der Waals surface area contributed by atoms with Crippen LogP contribution in [0.1, 0.15) is 11.1 Å². The van der Waals surface area contributed by atoms with Gasteiger partial charge in [-0.3, -0.25) is 0 Å². The Balaban J connectivity index is 2.28. The van der Waals surface area contributed by atoms with Gasteiger partial charge < -0.3 is 10.1 Å². The van der Waals surface area contributed by atoms with Crippen molar-refractivity contribution in [1.82, 2.24) is 0 Å². The molecule has 2 aromatic rings. The van der Waals surface area contributed by atoms with E-state index in [1.54, 1.807) is 25.3 Å². The zero-order valence-electron chi connectivity index (χ0n) is 10.5. The molecule has 0 unspecified atom stereocenters. The van der Waals surface area contributed by atoms with Gasteiger partial charge in [0.05, 0.1) is 17.9 Å². The number of benzene rings is 2. The van der Waals surface area contributed by atoms with Crippen LogP contribution in [0.3, 0.4) is 0 Å². The molecule has 0 aliphatic carbocycles. The summed E-state index contributed by atoms with van der Waals surface area (Å²) in [6.07, 6.45) is 0. The molecule has 0 atom stereocenters. The number of hydrogen-bond donors (Lipinski definition) is 1. The third kappa shape index (κ3) is 3.47. The van der Waals surface area contributed by atoms with E-state index in [2.05, 4.69) is 11.4 Å². The molecule has 96 valence electrons. The second-order valence-corrected chi connectivity index (χ2v) is 4.50. The minimum absolute atomic E-state index is 0.552. The van der Waals surface area contributed by atoms with E-state index in [0.29, 0.717) is 22.9 Å². The second kappa shape index (κ2) is 6.24. The molecule has 2 aromatic carbocycles. The molecule has 0 amide bonds. The summed E-state index contributed by atoms with van der Waals surface area (Å²) in [7, 11) is 1.66. The van der Waals surface area contributed by atoms with E-state index in [0.717, 1.165) is 11.3 Å². The van der Waals surface area contributed by atoms with Gasteiger partial charge in [0.25, 0.3) is 0 Å². The summed E-state index contributed by atoms with van der Waals surface area (Å²) >= 11 is 5.95. The molecule has 2 rings (SSSR count). The first-order valence-electron chi connectivity index (χ1n) is 5.77. The Morgan fingerprint density at radius 2 is 2.11 bits per heavy atom. The Hall–Kier alpha value is -2.02. The van der Waals surface area contributed by atoms with Gasteiger partial charge in [0.15, 0.2) is 0 Å². The van der Waals surface area contributed by atoms with Gasteiger partial charge in [0, 0.05) is 17.8 Å². The van der Waals surface area contributed by atoms with Gasteiger partial charge in [-0.2, -0.15) is 5.26 Å². The summed E-state index contributed by atoms with van der Waals surface area (Å²) in [4.78, 5) is 0. The maximum absolute atomic E-state index is 9.07. The maximum atomic E-state index is 9.07. The van der Waals surface area contributed by atoms with E-state index in [9.17, 15) is 0 Å². The number of nitrogens with one attached hydrogen (secondary N) is 1. The summed E-state index contributed by atoms with van der Waals surface area (Å²) < 4.78 is 5.10. The molecule has 0 bridgehead atoms. The van der Waals surface area contributed by atoms with Gasteiger partial charge in [-0.1, -0.05) is 23.7 Å². The van der Waals surface area contributed by atoms with Crippen molar-refractivity contribution in [3.8, 4) is 6.07 Å². The minimum atomic E-state index is 0.552. The Labute approximate surface area is 117 Å². The predicted molar refractivity (Wildman–Crippen MR) is 76.6 cm³/mol. The third-order valence-corrected chi connectivity index (χ3v) is 2.85. The van der Waals surface area contributed by atoms with Gasteiger partial charge >= 0.3 is 0 Å². The van der Waals surface area contributed by atoms with Gasteiger partial charge in [-0.15, -0.1) is 0 Å². The summed E-state index contributed by atoms with van der Waals surface area (Å²) in [5.41, 5.74) is 3.22. The highest BCUT2D eigenvalue weighted by atomic mass is 35.5. The van der Waals surface area contributed by atoms with E-state index >= 15 is 0 Å². The summed E-state index contributed by atoms with van der Waals surface area (Å²) in [5, 5.41) is 12.9. The average Bonchev–Trinajstić information content (AvgIpc) is 2.40. The molecule has 19 heavy (non-hydrogen) atoms. The fourth-order valence-electron chi connectivity index (χ4n) is 1.78. The average molecular weight is 273 g/mol. The summed E-state index contributed by atoms with van der Waals surface area (Å²) in [6, 6.07) is 15.1. The number of halogens is 1. The van der Waals surface area contributed by atoms with E-state index in [4.69, 9.17) is 21.6 Å². The van der Waals surface area contributed by atoms with Crippen LogP contribution in [0.2, 0.25) is 5.02 Å². The first-order valence-corrected chi connectivity index (χ1v) is 6.15. The van der Waals surface area contributed by atoms with E-state index in [1.165, 1.54) is 0 Å². The van der Waals surface area contributed by atoms with Crippen LogP contribution in [0.5, 0.6) is 0 Å². The Bertz CT molecular complexity index is 620. The number of anilines is 2. The molecule has 0 aromatic heterocycles. The molecule has 4 heteroatoms. The van der Waals surface area contributed by atoms with Crippen molar-refractivity contribution < 1.29 is 4.74 Å². The van der Waals surface area contributed by atoms with Crippen LogP contribution in [0, 0.1) is 11.3 Å². The Morgan fingerprint density at radius 1 is 1.26 bits per heavy atom. The van der Waals surface area contributed by atoms with Gasteiger partial charge in [-0.25, -0.2) is 0 Å². The zero-order chi connectivity index (χ0) is 13.7. The number of methoxy groups -OCH3 is 1. The third-order valence-electron chi connectivity index (χ3n) is 2.62. The quantitative estimate of drug-likeness (QED) is 0.911. The summed E-state index contributed by atoms with van der Waals surface area (Å²) in [6.45, 7) is 0.552. The number of ether oxygens (including phenoxy) is 1. The Kier molecular flexibility index (Phi) is 4.40. The molecule has 0 saturated carbocycles.